The summed E-state index contributed by atoms with van der Waals surface area (Å²) in [6.07, 6.45) is 11.2. The third-order valence-corrected chi connectivity index (χ3v) is 3.02. The normalized spacial score (nSPS) is 13.1. The Balaban J connectivity index is 2.48. The molecule has 88 valence electrons. The van der Waals surface area contributed by atoms with Gasteiger partial charge in [0.1, 0.15) is 0 Å². The summed E-state index contributed by atoms with van der Waals surface area (Å²) >= 11 is 0. The van der Waals surface area contributed by atoms with Gasteiger partial charge in [0.15, 0.2) is 0 Å². The summed E-state index contributed by atoms with van der Waals surface area (Å²) in [5, 5.41) is 0. The number of benzene rings is 1. The van der Waals surface area contributed by atoms with Crippen molar-refractivity contribution in [3.8, 4) is 0 Å². The number of hydrogen-bond acceptors (Lipinski definition) is 0. The molecule has 0 spiro atoms. The Kier molecular flexibility index (Phi) is 6.64. The van der Waals surface area contributed by atoms with Gasteiger partial charge in [0.25, 0.3) is 0 Å². The van der Waals surface area contributed by atoms with Crippen molar-refractivity contribution >= 4 is 0 Å². The molecule has 1 unspecified atom stereocenters. The second kappa shape index (κ2) is 8.15. The Morgan fingerprint density at radius 1 is 1.06 bits per heavy atom. The molecule has 1 rings (SSSR count). The first-order valence-electron chi connectivity index (χ1n) is 6.56. The molecule has 0 fully saturated rings. The van der Waals surface area contributed by atoms with Crippen molar-refractivity contribution in [1.29, 1.82) is 0 Å². The van der Waals surface area contributed by atoms with Gasteiger partial charge in [-0.3, -0.25) is 0 Å². The van der Waals surface area contributed by atoms with Crippen molar-refractivity contribution in [2.75, 3.05) is 0 Å². The molecular weight excluding hydrogens is 192 g/mol. The zero-order valence-corrected chi connectivity index (χ0v) is 10.7. The summed E-state index contributed by atoms with van der Waals surface area (Å²) in [6.45, 7) is 4.38. The van der Waals surface area contributed by atoms with Crippen molar-refractivity contribution in [2.45, 2.75) is 51.9 Å². The molecule has 0 N–H and O–H groups in total. The van der Waals surface area contributed by atoms with Gasteiger partial charge in [-0.05, 0) is 18.9 Å². The van der Waals surface area contributed by atoms with E-state index < -0.39 is 0 Å². The van der Waals surface area contributed by atoms with E-state index in [2.05, 4.69) is 56.3 Å². The molecule has 0 aliphatic rings. The van der Waals surface area contributed by atoms with Crippen LogP contribution in [0.2, 0.25) is 0 Å². The van der Waals surface area contributed by atoms with E-state index in [0.29, 0.717) is 5.92 Å². The average Bonchev–Trinajstić information content (AvgIpc) is 2.34. The number of hydrogen-bond donors (Lipinski definition) is 0. The summed E-state index contributed by atoms with van der Waals surface area (Å²) < 4.78 is 0. The second-order valence-electron chi connectivity index (χ2n) is 4.39. The molecule has 0 heterocycles. The first kappa shape index (κ1) is 13.0. The van der Waals surface area contributed by atoms with Crippen molar-refractivity contribution in [3.05, 3.63) is 48.0 Å². The highest BCUT2D eigenvalue weighted by Gasteiger charge is 2.06. The third-order valence-electron chi connectivity index (χ3n) is 3.02. The van der Waals surface area contributed by atoms with Crippen LogP contribution in [0.1, 0.15) is 57.4 Å². The second-order valence-corrected chi connectivity index (χ2v) is 4.39. The maximum Gasteiger partial charge on any atom is 0.00178 e. The molecule has 0 aliphatic heterocycles. The number of allylic oxidation sites excluding steroid dienone is 2. The van der Waals surface area contributed by atoms with Crippen molar-refractivity contribution in [1.82, 2.24) is 0 Å². The van der Waals surface area contributed by atoms with Crippen LogP contribution in [0, 0.1) is 0 Å². The fourth-order valence-corrected chi connectivity index (χ4v) is 2.10. The van der Waals surface area contributed by atoms with Gasteiger partial charge >= 0.3 is 0 Å². The molecule has 0 saturated heterocycles. The summed E-state index contributed by atoms with van der Waals surface area (Å²) in [7, 11) is 0. The highest BCUT2D eigenvalue weighted by molar-refractivity contribution is 5.23. The summed E-state index contributed by atoms with van der Waals surface area (Å²) in [5.41, 5.74) is 1.46. The van der Waals surface area contributed by atoms with E-state index in [1.807, 2.05) is 0 Å². The minimum absolute atomic E-state index is 0.614. The molecule has 0 nitrogen and oxygen atoms in total. The minimum atomic E-state index is 0.614. The molecule has 0 saturated carbocycles. The van der Waals surface area contributed by atoms with Crippen LogP contribution in [-0.2, 0) is 0 Å². The lowest BCUT2D eigenvalue weighted by Crippen LogP contribution is -1.95. The molecule has 0 amide bonds. The molecule has 16 heavy (non-hydrogen) atoms. The Bertz CT molecular complexity index is 284. The summed E-state index contributed by atoms with van der Waals surface area (Å²) in [4.78, 5) is 0. The standard InChI is InChI=1S/C16H24/c1-3-5-6-8-12-15(11-4-2)16-13-9-7-10-14-16/h4,7,9-11,13-15H,3,5-6,8,12H2,1-2H3. The molecule has 0 aromatic heterocycles. The van der Waals surface area contributed by atoms with Crippen molar-refractivity contribution < 1.29 is 0 Å². The number of rotatable bonds is 7. The molecule has 0 bridgehead atoms. The maximum atomic E-state index is 2.33. The van der Waals surface area contributed by atoms with Gasteiger partial charge in [-0.25, -0.2) is 0 Å². The van der Waals surface area contributed by atoms with E-state index >= 15 is 0 Å². The monoisotopic (exact) mass is 216 g/mol. The molecular formula is C16H24. The predicted molar refractivity (Wildman–Crippen MR) is 72.8 cm³/mol. The van der Waals surface area contributed by atoms with Gasteiger partial charge in [0, 0.05) is 5.92 Å². The van der Waals surface area contributed by atoms with Gasteiger partial charge in [-0.1, -0.05) is 75.1 Å². The van der Waals surface area contributed by atoms with Crippen molar-refractivity contribution in [2.24, 2.45) is 0 Å². The lowest BCUT2D eigenvalue weighted by Gasteiger charge is -2.12. The lowest BCUT2D eigenvalue weighted by molar-refractivity contribution is 0.604. The quantitative estimate of drug-likeness (QED) is 0.427. The molecule has 0 heteroatoms. The zero-order valence-electron chi connectivity index (χ0n) is 10.7. The molecule has 0 radical (unpaired) electrons. The molecule has 1 aromatic carbocycles. The summed E-state index contributed by atoms with van der Waals surface area (Å²) in [5.74, 6) is 0.614. The van der Waals surface area contributed by atoms with E-state index in [1.54, 1.807) is 0 Å². The first-order chi connectivity index (χ1) is 7.88. The van der Waals surface area contributed by atoms with Gasteiger partial charge in [0.2, 0.25) is 0 Å². The van der Waals surface area contributed by atoms with Crippen LogP contribution in [0.25, 0.3) is 0 Å². The predicted octanol–water partition coefficient (Wildman–Crippen LogP) is 5.32. The maximum absolute atomic E-state index is 2.33. The Morgan fingerprint density at radius 3 is 2.44 bits per heavy atom. The molecule has 1 atom stereocenters. The summed E-state index contributed by atoms with van der Waals surface area (Å²) in [6, 6.07) is 10.8. The Labute approximate surface area is 100 Å². The SMILES string of the molecule is CC=CC(CCCCCC)c1ccccc1. The van der Waals surface area contributed by atoms with E-state index in [1.165, 1.54) is 37.7 Å². The van der Waals surface area contributed by atoms with Crippen molar-refractivity contribution in [3.63, 3.8) is 0 Å². The van der Waals surface area contributed by atoms with Gasteiger partial charge < -0.3 is 0 Å². The minimum Gasteiger partial charge on any atom is -0.0910 e. The Hall–Kier alpha value is -1.04. The van der Waals surface area contributed by atoms with Gasteiger partial charge in [-0.2, -0.15) is 0 Å². The average molecular weight is 216 g/mol. The van der Waals surface area contributed by atoms with E-state index in [-0.39, 0.29) is 0 Å². The van der Waals surface area contributed by atoms with Gasteiger partial charge in [0.05, 0.1) is 0 Å². The highest BCUT2D eigenvalue weighted by Crippen LogP contribution is 2.23. The number of unbranched alkanes of at least 4 members (excludes halogenated alkanes) is 3. The smallest absolute Gasteiger partial charge is 0.00178 e. The van der Waals surface area contributed by atoms with Crippen LogP contribution in [0.3, 0.4) is 0 Å². The van der Waals surface area contributed by atoms with Crippen LogP contribution in [0.4, 0.5) is 0 Å². The van der Waals surface area contributed by atoms with E-state index in [0.717, 1.165) is 0 Å². The third kappa shape index (κ3) is 4.65. The van der Waals surface area contributed by atoms with E-state index in [4.69, 9.17) is 0 Å². The highest BCUT2D eigenvalue weighted by atomic mass is 14.1. The van der Waals surface area contributed by atoms with Crippen LogP contribution < -0.4 is 0 Å². The largest absolute Gasteiger partial charge is 0.0910 e. The van der Waals surface area contributed by atoms with Crippen LogP contribution >= 0.6 is 0 Å². The fourth-order valence-electron chi connectivity index (χ4n) is 2.10. The lowest BCUT2D eigenvalue weighted by atomic mass is 9.93. The molecule has 0 aliphatic carbocycles. The topological polar surface area (TPSA) is 0 Å². The first-order valence-corrected chi connectivity index (χ1v) is 6.56. The van der Waals surface area contributed by atoms with Crippen LogP contribution in [0.5, 0.6) is 0 Å². The van der Waals surface area contributed by atoms with Crippen LogP contribution in [0.15, 0.2) is 42.5 Å². The molecule has 1 aromatic rings. The van der Waals surface area contributed by atoms with Crippen LogP contribution in [-0.4, -0.2) is 0 Å². The van der Waals surface area contributed by atoms with Gasteiger partial charge in [-0.15, -0.1) is 0 Å². The van der Waals surface area contributed by atoms with E-state index in [9.17, 15) is 0 Å². The Morgan fingerprint density at radius 2 is 1.81 bits per heavy atom. The zero-order chi connectivity index (χ0) is 11.6. The fraction of sp³-hybridized carbons (Fsp3) is 0.500.